The lowest BCUT2D eigenvalue weighted by Crippen LogP contribution is -2.40. The van der Waals surface area contributed by atoms with Gasteiger partial charge in [0, 0.05) is 5.41 Å². The van der Waals surface area contributed by atoms with E-state index in [1.165, 1.54) is 13.2 Å². The van der Waals surface area contributed by atoms with Crippen LogP contribution >= 0.6 is 0 Å². The maximum atomic E-state index is 13.2. The summed E-state index contributed by atoms with van der Waals surface area (Å²) < 4.78 is 17.7. The first-order valence-electron chi connectivity index (χ1n) is 5.33. The molecule has 1 rings (SSSR count). The van der Waals surface area contributed by atoms with Gasteiger partial charge in [-0.25, -0.2) is 9.18 Å². The average Bonchev–Trinajstić information content (AvgIpc) is 2.30. The van der Waals surface area contributed by atoms with Crippen LogP contribution in [0.15, 0.2) is 18.2 Å². The van der Waals surface area contributed by atoms with Crippen molar-refractivity contribution in [3.63, 3.8) is 0 Å². The van der Waals surface area contributed by atoms with E-state index in [1.54, 1.807) is 32.9 Å². The third kappa shape index (κ3) is 2.64. The van der Waals surface area contributed by atoms with Crippen molar-refractivity contribution in [1.82, 2.24) is 0 Å². The molecule has 0 aliphatic rings. The van der Waals surface area contributed by atoms with Crippen molar-refractivity contribution in [3.05, 3.63) is 35.1 Å². The van der Waals surface area contributed by atoms with Crippen molar-refractivity contribution in [2.45, 2.75) is 32.3 Å². The number of hydrogen-bond acceptors (Lipinski definition) is 3. The number of ether oxygens (including phenoxy) is 1. The number of halogens is 1. The predicted octanol–water partition coefficient (Wildman–Crippen LogP) is 1.95. The van der Waals surface area contributed by atoms with Gasteiger partial charge in [-0.3, -0.25) is 0 Å². The second-order valence-corrected chi connectivity index (χ2v) is 4.61. The minimum atomic E-state index is -1.28. The van der Waals surface area contributed by atoms with Gasteiger partial charge in [0.1, 0.15) is 5.82 Å². The zero-order valence-electron chi connectivity index (χ0n) is 10.5. The van der Waals surface area contributed by atoms with Crippen LogP contribution in [0.4, 0.5) is 4.39 Å². The number of benzene rings is 1. The van der Waals surface area contributed by atoms with Gasteiger partial charge in [-0.2, -0.15) is 0 Å². The molecule has 0 spiro atoms. The molecule has 1 atom stereocenters. The SMILES string of the molecule is COC(=O)C(O)C(C)(C)c1ccc(F)c(C)c1. The van der Waals surface area contributed by atoms with E-state index in [-0.39, 0.29) is 5.82 Å². The summed E-state index contributed by atoms with van der Waals surface area (Å²) in [5.41, 5.74) is 0.341. The van der Waals surface area contributed by atoms with Gasteiger partial charge in [0.25, 0.3) is 0 Å². The zero-order chi connectivity index (χ0) is 13.2. The van der Waals surface area contributed by atoms with Crippen molar-refractivity contribution in [2.75, 3.05) is 7.11 Å². The summed E-state index contributed by atoms with van der Waals surface area (Å²) in [6.45, 7) is 5.06. The molecule has 0 bridgehead atoms. The third-order valence-corrected chi connectivity index (χ3v) is 3.01. The Hall–Kier alpha value is -1.42. The summed E-state index contributed by atoms with van der Waals surface area (Å²) in [6, 6.07) is 4.52. The van der Waals surface area contributed by atoms with Crippen LogP contribution in [0.2, 0.25) is 0 Å². The Labute approximate surface area is 100 Å². The largest absolute Gasteiger partial charge is 0.467 e. The van der Waals surface area contributed by atoms with Gasteiger partial charge < -0.3 is 9.84 Å². The van der Waals surface area contributed by atoms with E-state index in [1.807, 2.05) is 0 Å². The lowest BCUT2D eigenvalue weighted by atomic mass is 9.79. The molecule has 0 aliphatic carbocycles. The highest BCUT2D eigenvalue weighted by molar-refractivity contribution is 5.76. The van der Waals surface area contributed by atoms with Crippen molar-refractivity contribution in [2.24, 2.45) is 0 Å². The molecule has 4 heteroatoms. The van der Waals surface area contributed by atoms with Gasteiger partial charge in [0.05, 0.1) is 7.11 Å². The van der Waals surface area contributed by atoms with Gasteiger partial charge >= 0.3 is 5.97 Å². The number of aliphatic hydroxyl groups excluding tert-OH is 1. The van der Waals surface area contributed by atoms with E-state index in [0.717, 1.165) is 0 Å². The minimum absolute atomic E-state index is 0.308. The molecule has 0 heterocycles. The molecule has 3 nitrogen and oxygen atoms in total. The number of aliphatic hydroxyl groups is 1. The fourth-order valence-electron chi connectivity index (χ4n) is 1.61. The quantitative estimate of drug-likeness (QED) is 0.821. The summed E-state index contributed by atoms with van der Waals surface area (Å²) in [7, 11) is 1.22. The maximum absolute atomic E-state index is 13.2. The Morgan fingerprint density at radius 1 is 1.47 bits per heavy atom. The van der Waals surface area contributed by atoms with Crippen molar-refractivity contribution < 1.29 is 19.0 Å². The van der Waals surface area contributed by atoms with Crippen molar-refractivity contribution >= 4 is 5.97 Å². The number of aryl methyl sites for hydroxylation is 1. The highest BCUT2D eigenvalue weighted by Crippen LogP contribution is 2.29. The molecule has 0 aliphatic heterocycles. The first kappa shape index (κ1) is 13.6. The molecule has 0 radical (unpaired) electrons. The Balaban J connectivity index is 3.11. The lowest BCUT2D eigenvalue weighted by Gasteiger charge is -2.29. The highest BCUT2D eigenvalue weighted by atomic mass is 19.1. The molecule has 17 heavy (non-hydrogen) atoms. The summed E-state index contributed by atoms with van der Waals surface area (Å²) in [5, 5.41) is 9.89. The summed E-state index contributed by atoms with van der Waals surface area (Å²) >= 11 is 0. The topological polar surface area (TPSA) is 46.5 Å². The first-order valence-corrected chi connectivity index (χ1v) is 5.33. The highest BCUT2D eigenvalue weighted by Gasteiger charge is 2.36. The summed E-state index contributed by atoms with van der Waals surface area (Å²) in [5.74, 6) is -1.01. The average molecular weight is 240 g/mol. The second-order valence-electron chi connectivity index (χ2n) is 4.61. The molecule has 0 fully saturated rings. The molecule has 0 saturated heterocycles. The van der Waals surface area contributed by atoms with Crippen LogP contribution in [-0.4, -0.2) is 24.3 Å². The minimum Gasteiger partial charge on any atom is -0.467 e. The van der Waals surface area contributed by atoms with Crippen molar-refractivity contribution in [3.8, 4) is 0 Å². The predicted molar refractivity (Wildman–Crippen MR) is 62.2 cm³/mol. The molecule has 1 aromatic rings. The number of rotatable bonds is 3. The summed E-state index contributed by atoms with van der Waals surface area (Å²) in [4.78, 5) is 11.3. The zero-order valence-corrected chi connectivity index (χ0v) is 10.5. The lowest BCUT2D eigenvalue weighted by molar-refractivity contribution is -0.153. The van der Waals surface area contributed by atoms with E-state index < -0.39 is 17.5 Å². The Kier molecular flexibility index (Phi) is 3.88. The van der Waals surface area contributed by atoms with Crippen LogP contribution in [0.5, 0.6) is 0 Å². The van der Waals surface area contributed by atoms with Gasteiger partial charge in [-0.05, 0) is 24.1 Å². The fraction of sp³-hybridized carbons (Fsp3) is 0.462. The number of esters is 1. The third-order valence-electron chi connectivity index (χ3n) is 3.01. The van der Waals surface area contributed by atoms with E-state index in [9.17, 15) is 14.3 Å². The van der Waals surface area contributed by atoms with Crippen molar-refractivity contribution in [1.29, 1.82) is 0 Å². The molecule has 1 unspecified atom stereocenters. The molecule has 0 amide bonds. The summed E-state index contributed by atoms with van der Waals surface area (Å²) in [6.07, 6.45) is -1.28. The van der Waals surface area contributed by atoms with E-state index in [2.05, 4.69) is 4.74 Å². The normalized spacial score (nSPS) is 13.3. The molecule has 94 valence electrons. The van der Waals surface area contributed by atoms with E-state index >= 15 is 0 Å². The van der Waals surface area contributed by atoms with Crippen LogP contribution in [-0.2, 0) is 14.9 Å². The standard InChI is InChI=1S/C13H17FO3/c1-8-7-9(5-6-10(8)14)13(2,3)11(15)12(16)17-4/h5-7,11,15H,1-4H3. The smallest absolute Gasteiger partial charge is 0.335 e. The Bertz CT molecular complexity index is 427. The Morgan fingerprint density at radius 3 is 2.53 bits per heavy atom. The van der Waals surface area contributed by atoms with Gasteiger partial charge in [-0.1, -0.05) is 26.0 Å². The molecule has 0 saturated carbocycles. The van der Waals surface area contributed by atoms with Crippen LogP contribution in [0.1, 0.15) is 25.0 Å². The van der Waals surface area contributed by atoms with Gasteiger partial charge in [-0.15, -0.1) is 0 Å². The molecule has 1 aromatic carbocycles. The first-order chi connectivity index (χ1) is 7.80. The van der Waals surface area contributed by atoms with Crippen LogP contribution in [0.25, 0.3) is 0 Å². The van der Waals surface area contributed by atoms with Crippen LogP contribution < -0.4 is 0 Å². The maximum Gasteiger partial charge on any atom is 0.335 e. The Morgan fingerprint density at radius 2 is 2.06 bits per heavy atom. The monoisotopic (exact) mass is 240 g/mol. The number of carbonyl (C=O) groups is 1. The van der Waals surface area contributed by atoms with E-state index in [0.29, 0.717) is 11.1 Å². The molecular formula is C13H17FO3. The molecule has 1 N–H and O–H groups in total. The fourth-order valence-corrected chi connectivity index (χ4v) is 1.61. The van der Waals surface area contributed by atoms with Crippen LogP contribution in [0.3, 0.4) is 0 Å². The van der Waals surface area contributed by atoms with Crippen LogP contribution in [0, 0.1) is 12.7 Å². The number of carbonyl (C=O) groups excluding carboxylic acids is 1. The molecule has 0 aromatic heterocycles. The second kappa shape index (κ2) is 4.84. The van der Waals surface area contributed by atoms with Gasteiger partial charge in [0.2, 0.25) is 0 Å². The van der Waals surface area contributed by atoms with Gasteiger partial charge in [0.15, 0.2) is 6.10 Å². The van der Waals surface area contributed by atoms with E-state index in [4.69, 9.17) is 0 Å². The number of hydrogen-bond donors (Lipinski definition) is 1. The number of methoxy groups -OCH3 is 1. The molecular weight excluding hydrogens is 223 g/mol.